The number of carbonyl (C=O) groups is 1. The Balaban J connectivity index is 1.52. The van der Waals surface area contributed by atoms with Gasteiger partial charge in [-0.15, -0.1) is 0 Å². The van der Waals surface area contributed by atoms with Crippen molar-refractivity contribution in [1.29, 1.82) is 0 Å². The average Bonchev–Trinajstić information content (AvgIpc) is 3.04. The lowest BCUT2D eigenvalue weighted by Gasteiger charge is -2.31. The molecule has 0 saturated carbocycles. The van der Waals surface area contributed by atoms with Crippen molar-refractivity contribution in [1.82, 2.24) is 34.0 Å². The van der Waals surface area contributed by atoms with E-state index >= 15 is 0 Å². The number of aryl methyl sites for hydroxylation is 3. The molecule has 3 aromatic heterocycles. The number of aromatic nitrogens is 6. The van der Waals surface area contributed by atoms with E-state index in [4.69, 9.17) is 4.98 Å². The standard InChI is InChI=1S/C23H26N8O2/c1-13-9-18-19(26-14(2)11-24-18)10-17(13)27-22-25-12-20-21(28-22)31(23(33)29(20)4)16-5-7-30(8-6-16)15(3)32/h9-12,16H,5-8H2,1-4H3,(H,25,27,28). The third-order valence-electron chi connectivity index (χ3n) is 6.36. The predicted molar refractivity (Wildman–Crippen MR) is 126 cm³/mol. The summed E-state index contributed by atoms with van der Waals surface area (Å²) < 4.78 is 3.33. The normalized spacial score (nSPS) is 14.8. The van der Waals surface area contributed by atoms with Crippen LogP contribution in [0.2, 0.25) is 0 Å². The van der Waals surface area contributed by atoms with E-state index in [1.165, 1.54) is 0 Å². The number of nitrogens with one attached hydrogen (secondary N) is 1. The van der Waals surface area contributed by atoms with Gasteiger partial charge in [0.25, 0.3) is 0 Å². The van der Waals surface area contributed by atoms with Gasteiger partial charge >= 0.3 is 5.69 Å². The van der Waals surface area contributed by atoms with Gasteiger partial charge in [0.1, 0.15) is 5.52 Å². The Morgan fingerprint density at radius 1 is 1.06 bits per heavy atom. The molecule has 0 atom stereocenters. The molecule has 0 bridgehead atoms. The van der Waals surface area contributed by atoms with Gasteiger partial charge in [-0.25, -0.2) is 14.8 Å². The minimum absolute atomic E-state index is 0.0137. The number of rotatable bonds is 3. The molecule has 10 nitrogen and oxygen atoms in total. The molecule has 0 unspecified atom stereocenters. The van der Waals surface area contributed by atoms with Crippen LogP contribution in [0.1, 0.15) is 37.1 Å². The van der Waals surface area contributed by atoms with Gasteiger partial charge in [-0.1, -0.05) is 0 Å². The number of nitrogens with zero attached hydrogens (tertiary/aromatic N) is 7. The molecule has 0 spiro atoms. The van der Waals surface area contributed by atoms with Crippen LogP contribution in [0.15, 0.2) is 29.3 Å². The highest BCUT2D eigenvalue weighted by atomic mass is 16.2. The fourth-order valence-electron chi connectivity index (χ4n) is 4.48. The molecule has 10 heteroatoms. The van der Waals surface area contributed by atoms with Crippen molar-refractivity contribution in [3.05, 3.63) is 46.3 Å². The molecule has 1 aliphatic rings. The van der Waals surface area contributed by atoms with E-state index < -0.39 is 0 Å². The highest BCUT2D eigenvalue weighted by Crippen LogP contribution is 2.27. The molecule has 1 N–H and O–H groups in total. The Morgan fingerprint density at radius 2 is 1.82 bits per heavy atom. The summed E-state index contributed by atoms with van der Waals surface area (Å²) in [4.78, 5) is 44.7. The second-order valence-electron chi connectivity index (χ2n) is 8.64. The number of likely N-dealkylation sites (tertiary alicyclic amines) is 1. The molecule has 170 valence electrons. The number of amides is 1. The molecule has 0 radical (unpaired) electrons. The molecular weight excluding hydrogens is 420 g/mol. The smallest absolute Gasteiger partial charge is 0.330 e. The van der Waals surface area contributed by atoms with Gasteiger partial charge in [-0.3, -0.25) is 18.9 Å². The summed E-state index contributed by atoms with van der Waals surface area (Å²) in [6, 6.07) is 3.90. The van der Waals surface area contributed by atoms with E-state index in [-0.39, 0.29) is 17.6 Å². The Kier molecular flexibility index (Phi) is 5.07. The lowest BCUT2D eigenvalue weighted by atomic mass is 10.0. The molecule has 1 fully saturated rings. The van der Waals surface area contributed by atoms with Crippen molar-refractivity contribution in [2.45, 2.75) is 39.7 Å². The van der Waals surface area contributed by atoms with E-state index in [0.29, 0.717) is 43.0 Å². The van der Waals surface area contributed by atoms with Crippen LogP contribution in [-0.4, -0.2) is 53.0 Å². The first kappa shape index (κ1) is 21.0. The Labute approximate surface area is 190 Å². The molecule has 1 amide bonds. The average molecular weight is 447 g/mol. The van der Waals surface area contributed by atoms with E-state index in [2.05, 4.69) is 20.3 Å². The number of piperidine rings is 1. The second-order valence-corrected chi connectivity index (χ2v) is 8.64. The van der Waals surface area contributed by atoms with Crippen LogP contribution in [0.4, 0.5) is 11.6 Å². The predicted octanol–water partition coefficient (Wildman–Crippen LogP) is 2.62. The summed E-state index contributed by atoms with van der Waals surface area (Å²) in [7, 11) is 1.73. The molecule has 1 aromatic carbocycles. The number of fused-ring (bicyclic) bond motifs is 2. The minimum atomic E-state index is -0.120. The lowest BCUT2D eigenvalue weighted by molar-refractivity contribution is -0.130. The topological polar surface area (TPSA) is 111 Å². The third-order valence-corrected chi connectivity index (χ3v) is 6.36. The number of benzene rings is 1. The second kappa shape index (κ2) is 7.95. The Hall–Kier alpha value is -3.82. The number of anilines is 2. The van der Waals surface area contributed by atoms with Crippen molar-refractivity contribution in [3.63, 3.8) is 0 Å². The quantitative estimate of drug-likeness (QED) is 0.515. The Bertz CT molecular complexity index is 1450. The maximum atomic E-state index is 13.0. The highest BCUT2D eigenvalue weighted by molar-refractivity contribution is 5.82. The molecule has 4 heterocycles. The largest absolute Gasteiger partial charge is 0.343 e. The summed E-state index contributed by atoms with van der Waals surface area (Å²) in [5.74, 6) is 0.476. The Morgan fingerprint density at radius 3 is 2.55 bits per heavy atom. The summed E-state index contributed by atoms with van der Waals surface area (Å²) in [6.45, 7) is 6.75. The van der Waals surface area contributed by atoms with Crippen molar-refractivity contribution in [3.8, 4) is 0 Å². The fourth-order valence-corrected chi connectivity index (χ4v) is 4.48. The van der Waals surface area contributed by atoms with Crippen LogP contribution < -0.4 is 11.0 Å². The molecule has 1 saturated heterocycles. The van der Waals surface area contributed by atoms with Gasteiger partial charge in [0.2, 0.25) is 11.9 Å². The van der Waals surface area contributed by atoms with Gasteiger partial charge in [0, 0.05) is 45.0 Å². The van der Waals surface area contributed by atoms with Gasteiger partial charge < -0.3 is 10.2 Å². The minimum Gasteiger partial charge on any atom is -0.343 e. The number of imidazole rings is 1. The SMILES string of the molecule is CC(=O)N1CCC(n2c(=O)n(C)c3cnc(Nc4cc5nc(C)cnc5cc4C)nc32)CC1. The first-order chi connectivity index (χ1) is 15.8. The third kappa shape index (κ3) is 3.71. The zero-order chi connectivity index (χ0) is 23.3. The van der Waals surface area contributed by atoms with Crippen molar-refractivity contribution in [2.24, 2.45) is 7.05 Å². The molecule has 33 heavy (non-hydrogen) atoms. The van der Waals surface area contributed by atoms with Crippen LogP contribution in [0.25, 0.3) is 22.2 Å². The van der Waals surface area contributed by atoms with Crippen LogP contribution in [0, 0.1) is 13.8 Å². The number of carbonyl (C=O) groups excluding carboxylic acids is 1. The van der Waals surface area contributed by atoms with Crippen LogP contribution in [-0.2, 0) is 11.8 Å². The zero-order valence-corrected chi connectivity index (χ0v) is 19.2. The molecule has 1 aliphatic heterocycles. The fraction of sp³-hybridized carbons (Fsp3) is 0.391. The lowest BCUT2D eigenvalue weighted by Crippen LogP contribution is -2.39. The van der Waals surface area contributed by atoms with E-state index in [0.717, 1.165) is 28.0 Å². The van der Waals surface area contributed by atoms with Crippen LogP contribution in [0.5, 0.6) is 0 Å². The van der Waals surface area contributed by atoms with Crippen molar-refractivity contribution >= 4 is 39.7 Å². The van der Waals surface area contributed by atoms with Gasteiger partial charge in [0.05, 0.1) is 22.9 Å². The van der Waals surface area contributed by atoms with E-state index in [1.807, 2.05) is 30.9 Å². The monoisotopic (exact) mass is 446 g/mol. The number of hydrogen-bond donors (Lipinski definition) is 1. The van der Waals surface area contributed by atoms with E-state index in [9.17, 15) is 9.59 Å². The summed E-state index contributed by atoms with van der Waals surface area (Å²) in [5, 5.41) is 3.29. The van der Waals surface area contributed by atoms with Gasteiger partial charge in [-0.05, 0) is 44.4 Å². The van der Waals surface area contributed by atoms with Gasteiger partial charge in [-0.2, -0.15) is 4.98 Å². The summed E-state index contributed by atoms with van der Waals surface area (Å²) in [5.41, 5.74) is 5.44. The van der Waals surface area contributed by atoms with Crippen molar-refractivity contribution < 1.29 is 4.79 Å². The molecule has 0 aliphatic carbocycles. The first-order valence-corrected chi connectivity index (χ1v) is 11.0. The highest BCUT2D eigenvalue weighted by Gasteiger charge is 2.26. The van der Waals surface area contributed by atoms with Crippen LogP contribution >= 0.6 is 0 Å². The first-order valence-electron chi connectivity index (χ1n) is 11.0. The van der Waals surface area contributed by atoms with Crippen molar-refractivity contribution in [2.75, 3.05) is 18.4 Å². The molecule has 4 aromatic rings. The molecular formula is C23H26N8O2. The maximum absolute atomic E-state index is 13.0. The maximum Gasteiger partial charge on any atom is 0.330 e. The van der Waals surface area contributed by atoms with Crippen LogP contribution in [0.3, 0.4) is 0 Å². The van der Waals surface area contributed by atoms with Gasteiger partial charge in [0.15, 0.2) is 5.65 Å². The number of hydrogen-bond acceptors (Lipinski definition) is 7. The molecule has 5 rings (SSSR count). The summed E-state index contributed by atoms with van der Waals surface area (Å²) >= 11 is 0. The zero-order valence-electron chi connectivity index (χ0n) is 19.2. The summed E-state index contributed by atoms with van der Waals surface area (Å²) in [6.07, 6.45) is 4.86. The van der Waals surface area contributed by atoms with E-state index in [1.54, 1.807) is 35.5 Å².